The summed E-state index contributed by atoms with van der Waals surface area (Å²) in [4.78, 5) is 15.8. The molecule has 5 rings (SSSR count). The maximum absolute atomic E-state index is 14.3. The lowest BCUT2D eigenvalue weighted by Crippen LogP contribution is -2.36. The Morgan fingerprint density at radius 3 is 2.69 bits per heavy atom. The van der Waals surface area contributed by atoms with Crippen LogP contribution in [0, 0.1) is 5.82 Å². The Labute approximate surface area is 197 Å². The van der Waals surface area contributed by atoms with Gasteiger partial charge in [-0.2, -0.15) is 4.57 Å². The molecule has 0 N–H and O–H groups in total. The van der Waals surface area contributed by atoms with Gasteiger partial charge in [-0.15, -0.1) is 11.3 Å². The van der Waals surface area contributed by atoms with Crippen LogP contribution in [0.2, 0.25) is 0 Å². The van der Waals surface area contributed by atoms with E-state index in [1.807, 2.05) is 43.1 Å². The maximum Gasteiger partial charge on any atom is 0.271 e. The van der Waals surface area contributed by atoms with Crippen LogP contribution in [0.3, 0.4) is 0 Å². The summed E-state index contributed by atoms with van der Waals surface area (Å²) < 4.78 is 19.9. The molecule has 0 saturated heterocycles. The zero-order valence-corrected chi connectivity index (χ0v) is 20.1. The van der Waals surface area contributed by atoms with Gasteiger partial charge >= 0.3 is 0 Å². The van der Waals surface area contributed by atoms with Crippen molar-refractivity contribution in [3.63, 3.8) is 0 Å². The van der Waals surface area contributed by atoms with Gasteiger partial charge in [0, 0.05) is 19.2 Å². The molecule has 0 atom stereocenters. The summed E-state index contributed by atoms with van der Waals surface area (Å²) in [5.74, 6) is -0.256. The highest BCUT2D eigenvalue weighted by atomic mass is 32.2. The second-order valence-corrected chi connectivity index (χ2v) is 10.3. The first-order valence-corrected chi connectivity index (χ1v) is 12.7. The smallest absolute Gasteiger partial charge is 0.271 e. The molecule has 0 radical (unpaired) electrons. The van der Waals surface area contributed by atoms with Gasteiger partial charge in [0.25, 0.3) is 10.6 Å². The molecule has 0 bridgehead atoms. The van der Waals surface area contributed by atoms with Crippen molar-refractivity contribution >= 4 is 51.2 Å². The lowest BCUT2D eigenvalue weighted by atomic mass is 10.2. The zero-order chi connectivity index (χ0) is 22.2. The van der Waals surface area contributed by atoms with Crippen molar-refractivity contribution in [2.75, 3.05) is 11.9 Å². The van der Waals surface area contributed by atoms with E-state index in [4.69, 9.17) is 0 Å². The molecule has 8 heteroatoms. The normalized spacial score (nSPS) is 15.5. The third-order valence-electron chi connectivity index (χ3n) is 5.39. The van der Waals surface area contributed by atoms with Crippen LogP contribution in [0.15, 0.2) is 69.8 Å². The van der Waals surface area contributed by atoms with E-state index in [0.717, 1.165) is 26.9 Å². The van der Waals surface area contributed by atoms with Crippen molar-refractivity contribution in [2.24, 2.45) is 0 Å². The van der Waals surface area contributed by atoms with Gasteiger partial charge in [0.2, 0.25) is 0 Å². The van der Waals surface area contributed by atoms with Gasteiger partial charge < -0.3 is 4.90 Å². The average Bonchev–Trinajstić information content (AvgIpc) is 3.46. The van der Waals surface area contributed by atoms with Crippen LogP contribution in [-0.2, 0) is 13.1 Å². The fourth-order valence-corrected chi connectivity index (χ4v) is 7.07. The minimum atomic E-state index is -0.256. The highest BCUT2D eigenvalue weighted by Gasteiger charge is 2.27. The van der Waals surface area contributed by atoms with E-state index in [-0.39, 0.29) is 11.4 Å². The molecule has 4 aromatic rings. The Morgan fingerprint density at radius 2 is 1.94 bits per heavy atom. The standard InChI is InChI=1S/C24H21FN3OS3/c1-3-28-20(14-19-27(12-13-30-19)15-16-8-5-4-6-9-16)31-22(23(28)29)24-26(2)18-11-7-10-17(25)21(18)32-24/h4-14H,3,15H2,1-2H3/q+1/b24-22+. The minimum Gasteiger partial charge on any atom is -0.337 e. The predicted molar refractivity (Wildman–Crippen MR) is 131 cm³/mol. The summed E-state index contributed by atoms with van der Waals surface area (Å²) in [5, 5.41) is 3.92. The second-order valence-electron chi connectivity index (χ2n) is 7.37. The SMILES string of the molecule is CCn1c(=O)/c(=C2\Sc3c(F)cccc3N2C)s/c1=C\c1scc[n+]1Cc1ccccc1. The van der Waals surface area contributed by atoms with Crippen LogP contribution in [-0.4, -0.2) is 11.6 Å². The Kier molecular flexibility index (Phi) is 5.75. The molecule has 1 aliphatic rings. The summed E-state index contributed by atoms with van der Waals surface area (Å²) >= 11 is 4.45. The predicted octanol–water partition coefficient (Wildman–Crippen LogP) is 3.60. The molecule has 2 aromatic heterocycles. The van der Waals surface area contributed by atoms with E-state index in [1.54, 1.807) is 22.0 Å². The number of anilines is 1. The molecule has 0 saturated carbocycles. The minimum absolute atomic E-state index is 0.0301. The van der Waals surface area contributed by atoms with Gasteiger partial charge in [0.05, 0.1) is 22.0 Å². The molecular weight excluding hydrogens is 461 g/mol. The van der Waals surface area contributed by atoms with Crippen molar-refractivity contribution in [3.05, 3.63) is 96.0 Å². The van der Waals surface area contributed by atoms with Gasteiger partial charge in [-0.25, -0.2) is 4.39 Å². The van der Waals surface area contributed by atoms with Gasteiger partial charge in [0.1, 0.15) is 20.0 Å². The molecular formula is C24H21FN3OS3+. The summed E-state index contributed by atoms with van der Waals surface area (Å²) in [5.41, 5.74) is 1.99. The van der Waals surface area contributed by atoms with E-state index >= 15 is 0 Å². The van der Waals surface area contributed by atoms with E-state index in [2.05, 4.69) is 34.4 Å². The maximum atomic E-state index is 14.3. The van der Waals surface area contributed by atoms with Crippen LogP contribution in [0.4, 0.5) is 10.1 Å². The number of hydrogen-bond donors (Lipinski definition) is 0. The average molecular weight is 483 g/mol. The number of thioether (sulfide) groups is 1. The molecule has 162 valence electrons. The number of rotatable bonds is 4. The number of halogens is 1. The van der Waals surface area contributed by atoms with E-state index in [9.17, 15) is 9.18 Å². The molecule has 1 aliphatic heterocycles. The first-order valence-electron chi connectivity index (χ1n) is 10.2. The van der Waals surface area contributed by atoms with Crippen molar-refractivity contribution < 1.29 is 8.96 Å². The number of hydrogen-bond acceptors (Lipinski definition) is 5. The van der Waals surface area contributed by atoms with E-state index < -0.39 is 0 Å². The van der Waals surface area contributed by atoms with Crippen LogP contribution in [0.5, 0.6) is 0 Å². The summed E-state index contributed by atoms with van der Waals surface area (Å²) in [6, 6.07) is 15.4. The van der Waals surface area contributed by atoms with Gasteiger partial charge in [-0.05, 0) is 19.1 Å². The molecule has 0 spiro atoms. The highest BCUT2D eigenvalue weighted by Crippen LogP contribution is 2.46. The number of thiazole rings is 2. The first-order chi connectivity index (χ1) is 15.6. The fraction of sp³-hybridized carbons (Fsp3) is 0.167. The van der Waals surface area contributed by atoms with Crippen LogP contribution >= 0.6 is 34.4 Å². The molecule has 4 nitrogen and oxygen atoms in total. The zero-order valence-electron chi connectivity index (χ0n) is 17.6. The largest absolute Gasteiger partial charge is 0.337 e. The molecule has 0 unspecified atom stereocenters. The van der Waals surface area contributed by atoms with Crippen molar-refractivity contribution in [1.29, 1.82) is 0 Å². The number of fused-ring (bicyclic) bond motifs is 1. The Balaban J connectivity index is 1.62. The fourth-order valence-electron chi connectivity index (χ4n) is 3.75. The molecule has 0 aliphatic carbocycles. The lowest BCUT2D eigenvalue weighted by molar-refractivity contribution is -0.685. The molecule has 0 fully saturated rings. The van der Waals surface area contributed by atoms with Crippen molar-refractivity contribution in [2.45, 2.75) is 24.9 Å². The van der Waals surface area contributed by atoms with E-state index in [1.165, 1.54) is 34.7 Å². The van der Waals surface area contributed by atoms with Gasteiger partial charge in [-0.1, -0.05) is 59.5 Å². The van der Waals surface area contributed by atoms with E-state index in [0.29, 0.717) is 16.0 Å². The molecule has 2 aromatic carbocycles. The summed E-state index contributed by atoms with van der Waals surface area (Å²) in [7, 11) is 1.89. The monoisotopic (exact) mass is 482 g/mol. The Hall–Kier alpha value is -2.68. The topological polar surface area (TPSA) is 29.1 Å². The summed E-state index contributed by atoms with van der Waals surface area (Å²) in [6.07, 6.45) is 4.15. The Bertz CT molecular complexity index is 1470. The third-order valence-corrected chi connectivity index (χ3v) is 8.77. The number of aromatic nitrogens is 2. The van der Waals surface area contributed by atoms with Crippen molar-refractivity contribution in [1.82, 2.24) is 4.57 Å². The molecule has 32 heavy (non-hydrogen) atoms. The number of benzene rings is 2. The summed E-state index contributed by atoms with van der Waals surface area (Å²) in [6.45, 7) is 3.33. The highest BCUT2D eigenvalue weighted by molar-refractivity contribution is 8.08. The van der Waals surface area contributed by atoms with Gasteiger partial charge in [0.15, 0.2) is 12.7 Å². The number of nitrogens with zero attached hydrogens (tertiary/aromatic N) is 3. The quantitative estimate of drug-likeness (QED) is 0.416. The lowest BCUT2D eigenvalue weighted by Gasteiger charge is -2.11. The second kappa shape index (κ2) is 8.69. The van der Waals surface area contributed by atoms with Crippen LogP contribution in [0.1, 0.15) is 17.5 Å². The van der Waals surface area contributed by atoms with Crippen LogP contribution in [0.25, 0.3) is 11.1 Å². The van der Waals surface area contributed by atoms with Gasteiger partial charge in [-0.3, -0.25) is 9.36 Å². The first kappa shape index (κ1) is 21.2. The third kappa shape index (κ3) is 3.72. The van der Waals surface area contributed by atoms with Crippen LogP contribution < -0.4 is 24.2 Å². The Morgan fingerprint density at radius 1 is 1.12 bits per heavy atom. The molecule has 0 amide bonds. The molecule has 3 heterocycles. The van der Waals surface area contributed by atoms with Crippen molar-refractivity contribution in [3.8, 4) is 0 Å².